The molecule has 0 amide bonds. The number of cyclic esters (lactones) is 1. The smallest absolute Gasteiger partial charge is 0.339 e. The fourth-order valence-electron chi connectivity index (χ4n) is 2.86. The number of carbonyl (C=O) groups excluding carboxylic acids is 1. The minimum atomic E-state index is -2.67. The predicted octanol–water partition coefficient (Wildman–Crippen LogP) is 2.93. The molecule has 4 nitrogen and oxygen atoms in total. The molecule has 1 atom stereocenters. The third kappa shape index (κ3) is 3.46. The van der Waals surface area contributed by atoms with Gasteiger partial charge in [0.2, 0.25) is 0 Å². The van der Waals surface area contributed by atoms with E-state index in [2.05, 4.69) is 0 Å². The van der Waals surface area contributed by atoms with E-state index in [4.69, 9.17) is 4.74 Å². The lowest BCUT2D eigenvalue weighted by atomic mass is 9.92. The van der Waals surface area contributed by atoms with Gasteiger partial charge in [-0.15, -0.1) is 0 Å². The second-order valence-electron chi connectivity index (χ2n) is 5.65. The normalized spacial score (nSPS) is 17.3. The van der Waals surface area contributed by atoms with E-state index in [1.165, 1.54) is 36.4 Å². The summed E-state index contributed by atoms with van der Waals surface area (Å²) in [5.74, 6) is -1.97. The Morgan fingerprint density at radius 2 is 1.76 bits per heavy atom. The zero-order valence-electron chi connectivity index (χ0n) is 13.2. The molecule has 0 radical (unpaired) electrons. The van der Waals surface area contributed by atoms with Crippen LogP contribution in [0.25, 0.3) is 11.1 Å². The third-order valence-corrected chi connectivity index (χ3v) is 4.56. The Morgan fingerprint density at radius 3 is 2.36 bits per heavy atom. The molecule has 2 aromatic carbocycles. The number of carbonyl (C=O) groups is 1. The van der Waals surface area contributed by atoms with Crippen LogP contribution in [0.3, 0.4) is 0 Å². The van der Waals surface area contributed by atoms with Gasteiger partial charge in [-0.05, 0) is 36.2 Å². The van der Waals surface area contributed by atoms with E-state index in [1.54, 1.807) is 6.92 Å². The summed E-state index contributed by atoms with van der Waals surface area (Å²) in [5, 5.41) is 0. The summed E-state index contributed by atoms with van der Waals surface area (Å²) in [6, 6.07) is 9.33. The van der Waals surface area contributed by atoms with Crippen molar-refractivity contribution in [3.8, 4) is 0 Å². The zero-order chi connectivity index (χ0) is 18.1. The summed E-state index contributed by atoms with van der Waals surface area (Å²) in [4.78, 5) is 12.2. The van der Waals surface area contributed by atoms with Crippen LogP contribution in [0.5, 0.6) is 0 Å². The highest BCUT2D eigenvalue weighted by molar-refractivity contribution is 7.71. The number of benzene rings is 2. The van der Waals surface area contributed by atoms with E-state index in [0.717, 1.165) is 6.07 Å². The summed E-state index contributed by atoms with van der Waals surface area (Å²) >= 11 is 0. The minimum Gasteiger partial charge on any atom is -0.454 e. The lowest BCUT2D eigenvalue weighted by Gasteiger charge is -2.11. The van der Waals surface area contributed by atoms with Crippen molar-refractivity contribution in [2.24, 2.45) is 0 Å². The van der Waals surface area contributed by atoms with Gasteiger partial charge in [0.15, 0.2) is 0 Å². The summed E-state index contributed by atoms with van der Waals surface area (Å²) in [6.45, 7) is 1.62. The molecule has 0 aliphatic carbocycles. The molecule has 0 saturated heterocycles. The van der Waals surface area contributed by atoms with Gasteiger partial charge in [0.05, 0.1) is 11.3 Å². The molecule has 25 heavy (non-hydrogen) atoms. The lowest BCUT2D eigenvalue weighted by molar-refractivity contribution is -0.136. The Kier molecular flexibility index (Phi) is 4.67. The zero-order valence-corrected chi connectivity index (χ0v) is 14.1. The molecule has 0 fully saturated rings. The van der Waals surface area contributed by atoms with Crippen molar-refractivity contribution >= 4 is 27.8 Å². The number of hydrogen-bond acceptors (Lipinski definition) is 4. The van der Waals surface area contributed by atoms with Crippen molar-refractivity contribution in [2.75, 3.05) is 0 Å². The molecule has 1 unspecified atom stereocenters. The number of halogens is 2. The average Bonchev–Trinajstić information content (AvgIpc) is 2.82. The molecule has 7 heteroatoms. The summed E-state index contributed by atoms with van der Waals surface area (Å²) in [6.07, 6.45) is -0.677. The van der Waals surface area contributed by atoms with Crippen LogP contribution in [-0.4, -0.2) is 20.5 Å². The van der Waals surface area contributed by atoms with Gasteiger partial charge in [-0.2, -0.15) is 0 Å². The number of esters is 1. The monoisotopic (exact) mass is 364 g/mol. The molecule has 0 saturated carbocycles. The Morgan fingerprint density at radius 1 is 1.08 bits per heavy atom. The topological polar surface area (TPSA) is 60.4 Å². The lowest BCUT2D eigenvalue weighted by Crippen LogP contribution is -2.06. The van der Waals surface area contributed by atoms with Gasteiger partial charge < -0.3 is 4.74 Å². The SMILES string of the molecule is CC1OC(=O)C(c2ccc(F)cc2)=C1c1ccc(C[SH](=O)=O)cc1F. The van der Waals surface area contributed by atoms with E-state index < -0.39 is 34.4 Å². The molecule has 1 aliphatic heterocycles. The number of hydrogen-bond donors (Lipinski definition) is 1. The van der Waals surface area contributed by atoms with Gasteiger partial charge in [0.1, 0.15) is 28.4 Å². The van der Waals surface area contributed by atoms with Crippen LogP contribution < -0.4 is 0 Å². The molecule has 1 aliphatic rings. The van der Waals surface area contributed by atoms with Crippen LogP contribution in [0.2, 0.25) is 0 Å². The van der Waals surface area contributed by atoms with Crippen LogP contribution in [-0.2, 0) is 26.0 Å². The van der Waals surface area contributed by atoms with Gasteiger partial charge in [0.25, 0.3) is 0 Å². The number of ether oxygens (including phenoxy) is 1. The van der Waals surface area contributed by atoms with Crippen molar-refractivity contribution in [1.82, 2.24) is 0 Å². The molecule has 3 rings (SSSR count). The quantitative estimate of drug-likeness (QED) is 0.669. The first kappa shape index (κ1) is 17.3. The molecule has 0 N–H and O–H groups in total. The third-order valence-electron chi connectivity index (χ3n) is 3.93. The largest absolute Gasteiger partial charge is 0.454 e. The second-order valence-corrected chi connectivity index (χ2v) is 6.63. The molecule has 0 aromatic heterocycles. The second kappa shape index (κ2) is 6.76. The van der Waals surface area contributed by atoms with Gasteiger partial charge in [0, 0.05) is 11.1 Å². The maximum absolute atomic E-state index is 14.5. The maximum Gasteiger partial charge on any atom is 0.339 e. The Balaban J connectivity index is 2.14. The van der Waals surface area contributed by atoms with Gasteiger partial charge >= 0.3 is 5.97 Å². The Labute approximate surface area is 144 Å². The average molecular weight is 364 g/mol. The molecule has 0 spiro atoms. The van der Waals surface area contributed by atoms with E-state index in [9.17, 15) is 22.0 Å². The number of rotatable bonds is 4. The van der Waals surface area contributed by atoms with Crippen molar-refractivity contribution in [3.05, 3.63) is 70.8 Å². The van der Waals surface area contributed by atoms with Crippen LogP contribution in [0.4, 0.5) is 8.78 Å². The first-order valence-electron chi connectivity index (χ1n) is 7.48. The van der Waals surface area contributed by atoms with Gasteiger partial charge in [-0.25, -0.2) is 22.0 Å². The van der Waals surface area contributed by atoms with E-state index in [1.807, 2.05) is 0 Å². The first-order chi connectivity index (χ1) is 11.9. The number of thiol groups is 1. The van der Waals surface area contributed by atoms with Crippen molar-refractivity contribution < 1.29 is 26.7 Å². The molecule has 0 bridgehead atoms. The fourth-order valence-corrected chi connectivity index (χ4v) is 3.35. The van der Waals surface area contributed by atoms with Crippen molar-refractivity contribution in [1.29, 1.82) is 0 Å². The summed E-state index contributed by atoms with van der Waals surface area (Å²) in [5.41, 5.74) is 1.43. The Bertz CT molecular complexity index is 938. The molecular formula is C18H14F2O4S. The molecular weight excluding hydrogens is 350 g/mol. The molecule has 130 valence electrons. The highest BCUT2D eigenvalue weighted by Gasteiger charge is 2.34. The highest BCUT2D eigenvalue weighted by Crippen LogP contribution is 2.38. The molecule has 2 aromatic rings. The minimum absolute atomic E-state index is 0.155. The van der Waals surface area contributed by atoms with Crippen molar-refractivity contribution in [3.63, 3.8) is 0 Å². The van der Waals surface area contributed by atoms with E-state index in [-0.39, 0.29) is 16.9 Å². The van der Waals surface area contributed by atoms with Crippen LogP contribution in [0.1, 0.15) is 23.6 Å². The summed E-state index contributed by atoms with van der Waals surface area (Å²) < 4.78 is 54.5. The van der Waals surface area contributed by atoms with Gasteiger partial charge in [-0.1, -0.05) is 24.3 Å². The van der Waals surface area contributed by atoms with Crippen molar-refractivity contribution in [2.45, 2.75) is 18.8 Å². The molecule has 1 heterocycles. The van der Waals surface area contributed by atoms with Crippen LogP contribution >= 0.6 is 0 Å². The maximum atomic E-state index is 14.5. The first-order valence-corrected chi connectivity index (χ1v) is 8.85. The summed E-state index contributed by atoms with van der Waals surface area (Å²) in [7, 11) is -2.67. The van der Waals surface area contributed by atoms with E-state index in [0.29, 0.717) is 16.7 Å². The highest BCUT2D eigenvalue weighted by atomic mass is 32.2. The van der Waals surface area contributed by atoms with E-state index >= 15 is 0 Å². The van der Waals surface area contributed by atoms with Crippen LogP contribution in [0.15, 0.2) is 42.5 Å². The fraction of sp³-hybridized carbons (Fsp3) is 0.167. The predicted molar refractivity (Wildman–Crippen MR) is 89.2 cm³/mol. The van der Waals surface area contributed by atoms with Gasteiger partial charge in [-0.3, -0.25) is 0 Å². The standard InChI is InChI=1S/C18H14F2O4S/c1-10-16(14-7-2-11(8-15(14)20)9-25(22)23)17(18(21)24-10)12-3-5-13(19)6-4-12/h2-8,10,25H,9H2,1H3. The Hall–Kier alpha value is -2.54. The van der Waals surface area contributed by atoms with Crippen LogP contribution in [0, 0.1) is 11.6 Å².